The summed E-state index contributed by atoms with van der Waals surface area (Å²) in [5, 5.41) is 4.25. The van der Waals surface area contributed by atoms with E-state index in [0.717, 1.165) is 18.3 Å². The van der Waals surface area contributed by atoms with Crippen molar-refractivity contribution in [1.82, 2.24) is 10.2 Å². The third kappa shape index (κ3) is 3.81. The molecule has 1 heterocycles. The molecule has 98 valence electrons. The molecule has 1 aliphatic carbocycles. The summed E-state index contributed by atoms with van der Waals surface area (Å²) >= 11 is 5.45. The Balaban J connectivity index is 1.70. The van der Waals surface area contributed by atoms with Crippen LogP contribution >= 0.6 is 12.2 Å². The van der Waals surface area contributed by atoms with Gasteiger partial charge in [0.15, 0.2) is 5.11 Å². The Morgan fingerprint density at radius 3 is 2.65 bits per heavy atom. The van der Waals surface area contributed by atoms with Gasteiger partial charge in [-0.05, 0) is 37.9 Å². The van der Waals surface area contributed by atoms with Crippen molar-refractivity contribution in [3.8, 4) is 0 Å². The van der Waals surface area contributed by atoms with E-state index in [4.69, 9.17) is 17.0 Å². The van der Waals surface area contributed by atoms with Crippen molar-refractivity contribution >= 4 is 17.3 Å². The van der Waals surface area contributed by atoms with E-state index in [1.807, 2.05) is 0 Å². The first-order chi connectivity index (χ1) is 8.27. The predicted molar refractivity (Wildman–Crippen MR) is 74.2 cm³/mol. The first-order valence-corrected chi connectivity index (χ1v) is 7.30. The molecule has 0 aromatic carbocycles. The number of nitrogens with zero attached hydrogens (tertiary/aromatic N) is 1. The van der Waals surface area contributed by atoms with Crippen molar-refractivity contribution < 1.29 is 4.74 Å². The summed E-state index contributed by atoms with van der Waals surface area (Å²) in [6.45, 7) is 1.79. The summed E-state index contributed by atoms with van der Waals surface area (Å²) in [4.78, 5) is 2.25. The second-order valence-electron chi connectivity index (χ2n) is 5.22. The molecular formula is C13H24N2OS. The molecule has 2 fully saturated rings. The van der Waals surface area contributed by atoms with Crippen molar-refractivity contribution in [2.45, 2.75) is 57.1 Å². The highest BCUT2D eigenvalue weighted by molar-refractivity contribution is 7.80. The van der Waals surface area contributed by atoms with Crippen LogP contribution in [-0.2, 0) is 4.74 Å². The molecule has 1 saturated carbocycles. The molecule has 1 aliphatic heterocycles. The zero-order chi connectivity index (χ0) is 12.1. The second-order valence-corrected chi connectivity index (χ2v) is 5.61. The molecule has 0 amide bonds. The van der Waals surface area contributed by atoms with Crippen LogP contribution in [-0.4, -0.2) is 42.4 Å². The van der Waals surface area contributed by atoms with Crippen LogP contribution in [0.4, 0.5) is 0 Å². The molecule has 0 aromatic rings. The van der Waals surface area contributed by atoms with E-state index in [0.29, 0.717) is 12.1 Å². The summed E-state index contributed by atoms with van der Waals surface area (Å²) < 4.78 is 5.59. The summed E-state index contributed by atoms with van der Waals surface area (Å²) in [5.41, 5.74) is 0. The van der Waals surface area contributed by atoms with E-state index < -0.39 is 0 Å². The molecule has 1 atom stereocenters. The maximum absolute atomic E-state index is 5.59. The first kappa shape index (κ1) is 13.1. The Kier molecular flexibility index (Phi) is 5.04. The summed E-state index contributed by atoms with van der Waals surface area (Å²) in [5.74, 6) is 0. The third-order valence-corrected chi connectivity index (χ3v) is 4.38. The Bertz CT molecular complexity index is 248. The highest BCUT2D eigenvalue weighted by Crippen LogP contribution is 2.21. The maximum atomic E-state index is 5.59. The Morgan fingerprint density at radius 1 is 1.24 bits per heavy atom. The van der Waals surface area contributed by atoms with Crippen molar-refractivity contribution in [3.05, 3.63) is 0 Å². The minimum Gasteiger partial charge on any atom is -0.376 e. The molecule has 0 radical (unpaired) electrons. The predicted octanol–water partition coefficient (Wildman–Crippen LogP) is 2.30. The Labute approximate surface area is 110 Å². The van der Waals surface area contributed by atoms with Crippen LogP contribution in [0.5, 0.6) is 0 Å². The molecular weight excluding hydrogens is 232 g/mol. The van der Waals surface area contributed by atoms with Gasteiger partial charge in [-0.25, -0.2) is 0 Å². The van der Waals surface area contributed by atoms with Gasteiger partial charge in [0.25, 0.3) is 0 Å². The lowest BCUT2D eigenvalue weighted by atomic mass is 9.95. The minimum atomic E-state index is 0.368. The van der Waals surface area contributed by atoms with Gasteiger partial charge in [-0.15, -0.1) is 0 Å². The lowest BCUT2D eigenvalue weighted by molar-refractivity contribution is 0.113. The number of rotatable bonds is 3. The van der Waals surface area contributed by atoms with Crippen LogP contribution in [0.25, 0.3) is 0 Å². The van der Waals surface area contributed by atoms with Gasteiger partial charge in [0, 0.05) is 26.2 Å². The number of hydrogen-bond acceptors (Lipinski definition) is 2. The van der Waals surface area contributed by atoms with Gasteiger partial charge in [-0.2, -0.15) is 0 Å². The standard InChI is InChI=1S/C13H24N2OS/c1-15(11-6-3-2-4-7-11)13(17)14-10-12-8-5-9-16-12/h11-12H,2-10H2,1H3,(H,14,17). The van der Waals surface area contributed by atoms with E-state index in [1.165, 1.54) is 44.9 Å². The molecule has 1 N–H and O–H groups in total. The molecule has 4 heteroatoms. The van der Waals surface area contributed by atoms with Crippen molar-refractivity contribution in [1.29, 1.82) is 0 Å². The quantitative estimate of drug-likeness (QED) is 0.783. The summed E-state index contributed by atoms with van der Waals surface area (Å²) in [6.07, 6.45) is 9.40. The second kappa shape index (κ2) is 6.55. The summed E-state index contributed by atoms with van der Waals surface area (Å²) in [7, 11) is 2.13. The van der Waals surface area contributed by atoms with E-state index in [2.05, 4.69) is 17.3 Å². The molecule has 0 aromatic heterocycles. The number of thiocarbonyl (C=S) groups is 1. The van der Waals surface area contributed by atoms with Gasteiger partial charge in [0.1, 0.15) is 0 Å². The Hall–Kier alpha value is -0.350. The largest absolute Gasteiger partial charge is 0.376 e. The average Bonchev–Trinajstić information content (AvgIpc) is 2.89. The fourth-order valence-corrected chi connectivity index (χ4v) is 3.00. The van der Waals surface area contributed by atoms with Crippen molar-refractivity contribution in [3.63, 3.8) is 0 Å². The van der Waals surface area contributed by atoms with Crippen LogP contribution in [0.15, 0.2) is 0 Å². The van der Waals surface area contributed by atoms with Gasteiger partial charge in [-0.3, -0.25) is 0 Å². The average molecular weight is 256 g/mol. The van der Waals surface area contributed by atoms with E-state index in [-0.39, 0.29) is 0 Å². The van der Waals surface area contributed by atoms with Crippen LogP contribution in [0.1, 0.15) is 44.9 Å². The third-order valence-electron chi connectivity index (χ3n) is 3.95. The highest BCUT2D eigenvalue weighted by Gasteiger charge is 2.21. The molecule has 17 heavy (non-hydrogen) atoms. The lowest BCUT2D eigenvalue weighted by Crippen LogP contribution is -2.46. The van der Waals surface area contributed by atoms with Crippen molar-refractivity contribution in [2.24, 2.45) is 0 Å². The molecule has 2 rings (SSSR count). The highest BCUT2D eigenvalue weighted by atomic mass is 32.1. The van der Waals surface area contributed by atoms with E-state index in [1.54, 1.807) is 0 Å². The van der Waals surface area contributed by atoms with Crippen molar-refractivity contribution in [2.75, 3.05) is 20.2 Å². The van der Waals surface area contributed by atoms with E-state index in [9.17, 15) is 0 Å². The lowest BCUT2D eigenvalue weighted by Gasteiger charge is -2.33. The normalized spacial score (nSPS) is 25.8. The number of nitrogens with one attached hydrogen (secondary N) is 1. The zero-order valence-corrected chi connectivity index (χ0v) is 11.6. The van der Waals surface area contributed by atoms with E-state index >= 15 is 0 Å². The number of ether oxygens (including phenoxy) is 1. The maximum Gasteiger partial charge on any atom is 0.169 e. The van der Waals surface area contributed by atoms with Gasteiger partial charge in [0.05, 0.1) is 6.10 Å². The molecule has 3 nitrogen and oxygen atoms in total. The molecule has 0 bridgehead atoms. The Morgan fingerprint density at radius 2 is 2.00 bits per heavy atom. The SMILES string of the molecule is CN(C(=S)NCC1CCCO1)C1CCCCC1. The zero-order valence-electron chi connectivity index (χ0n) is 10.8. The molecule has 1 saturated heterocycles. The minimum absolute atomic E-state index is 0.368. The first-order valence-electron chi connectivity index (χ1n) is 6.89. The van der Waals surface area contributed by atoms with Crippen LogP contribution in [0.2, 0.25) is 0 Å². The van der Waals surface area contributed by atoms with Gasteiger partial charge in [0.2, 0.25) is 0 Å². The van der Waals surface area contributed by atoms with Crippen LogP contribution in [0, 0.1) is 0 Å². The molecule has 1 unspecified atom stereocenters. The van der Waals surface area contributed by atoms with Crippen LogP contribution in [0.3, 0.4) is 0 Å². The van der Waals surface area contributed by atoms with Gasteiger partial charge in [-0.1, -0.05) is 19.3 Å². The summed E-state index contributed by atoms with van der Waals surface area (Å²) in [6, 6.07) is 0.647. The van der Waals surface area contributed by atoms with Gasteiger partial charge < -0.3 is 15.0 Å². The molecule has 0 spiro atoms. The van der Waals surface area contributed by atoms with Gasteiger partial charge >= 0.3 is 0 Å². The van der Waals surface area contributed by atoms with Crippen LogP contribution < -0.4 is 5.32 Å². The molecule has 2 aliphatic rings. The fourth-order valence-electron chi connectivity index (χ4n) is 2.77. The topological polar surface area (TPSA) is 24.5 Å². The smallest absolute Gasteiger partial charge is 0.169 e. The fraction of sp³-hybridized carbons (Fsp3) is 0.923. The number of hydrogen-bond donors (Lipinski definition) is 1. The monoisotopic (exact) mass is 256 g/mol.